The molecule has 0 aliphatic rings. The van der Waals surface area contributed by atoms with Gasteiger partial charge in [0.2, 0.25) is 0 Å². The lowest BCUT2D eigenvalue weighted by Crippen LogP contribution is -2.31. The second-order valence-electron chi connectivity index (χ2n) is 6.46. The van der Waals surface area contributed by atoms with E-state index < -0.39 is 0 Å². The zero-order valence-corrected chi connectivity index (χ0v) is 16.0. The van der Waals surface area contributed by atoms with Crippen LogP contribution in [0.25, 0.3) is 0 Å². The Hall–Kier alpha value is -3.40. The van der Waals surface area contributed by atoms with E-state index in [1.165, 1.54) is 5.56 Å². The smallest absolute Gasteiger partial charge is 0.258 e. The van der Waals surface area contributed by atoms with Crippen LogP contribution in [-0.2, 0) is 6.42 Å². The minimum Gasteiger partial charge on any atom is -0.352 e. The predicted octanol–water partition coefficient (Wildman–Crippen LogP) is 4.33. The molecule has 0 fully saturated rings. The summed E-state index contributed by atoms with van der Waals surface area (Å²) in [6.07, 6.45) is 0.767. The third-order valence-electron chi connectivity index (χ3n) is 4.54. The van der Waals surface area contributed by atoms with E-state index in [1.807, 2.05) is 67.6 Å². The molecule has 0 spiro atoms. The van der Waals surface area contributed by atoms with Crippen molar-refractivity contribution in [3.8, 4) is 0 Å². The van der Waals surface area contributed by atoms with Crippen molar-refractivity contribution in [1.82, 2.24) is 5.32 Å². The number of carbonyl (C=O) groups excluding carboxylic acids is 2. The van der Waals surface area contributed by atoms with E-state index in [4.69, 9.17) is 0 Å². The molecule has 0 heterocycles. The zero-order chi connectivity index (χ0) is 19.8. The van der Waals surface area contributed by atoms with Crippen molar-refractivity contribution in [2.24, 2.45) is 0 Å². The van der Waals surface area contributed by atoms with E-state index in [9.17, 15) is 9.59 Å². The van der Waals surface area contributed by atoms with Crippen LogP contribution >= 0.6 is 0 Å². The first-order valence-electron chi connectivity index (χ1n) is 9.48. The average molecular weight is 372 g/mol. The number of rotatable bonds is 7. The van der Waals surface area contributed by atoms with Crippen LogP contribution in [0.5, 0.6) is 0 Å². The van der Waals surface area contributed by atoms with Crippen LogP contribution in [0.1, 0.15) is 33.2 Å². The predicted molar refractivity (Wildman–Crippen MR) is 113 cm³/mol. The monoisotopic (exact) mass is 372 g/mol. The van der Waals surface area contributed by atoms with Crippen molar-refractivity contribution in [1.29, 1.82) is 0 Å². The van der Waals surface area contributed by atoms with Gasteiger partial charge >= 0.3 is 0 Å². The molecule has 4 nitrogen and oxygen atoms in total. The van der Waals surface area contributed by atoms with Crippen molar-refractivity contribution in [3.05, 3.63) is 102 Å². The Morgan fingerprint density at radius 3 is 2.14 bits per heavy atom. The summed E-state index contributed by atoms with van der Waals surface area (Å²) in [5.74, 6) is -0.291. The normalized spacial score (nSPS) is 10.3. The Balaban J connectivity index is 1.67. The maximum Gasteiger partial charge on any atom is 0.258 e. The number of benzene rings is 3. The molecule has 4 heteroatoms. The van der Waals surface area contributed by atoms with Crippen LogP contribution in [0.15, 0.2) is 84.9 Å². The van der Waals surface area contributed by atoms with Gasteiger partial charge in [-0.25, -0.2) is 0 Å². The van der Waals surface area contributed by atoms with Crippen LogP contribution in [0, 0.1) is 0 Å². The van der Waals surface area contributed by atoms with Crippen LogP contribution < -0.4 is 10.2 Å². The second kappa shape index (κ2) is 9.51. The summed E-state index contributed by atoms with van der Waals surface area (Å²) in [7, 11) is 0. The van der Waals surface area contributed by atoms with Gasteiger partial charge in [0, 0.05) is 29.9 Å². The van der Waals surface area contributed by atoms with Crippen LogP contribution in [0.4, 0.5) is 5.69 Å². The molecule has 1 N–H and O–H groups in total. The highest BCUT2D eigenvalue weighted by atomic mass is 16.2. The molecule has 3 aromatic carbocycles. The Kier molecular flexibility index (Phi) is 6.58. The number of hydrogen-bond donors (Lipinski definition) is 1. The van der Waals surface area contributed by atoms with E-state index in [-0.39, 0.29) is 11.8 Å². The molecule has 0 aliphatic carbocycles. The number of nitrogens with one attached hydrogen (secondary N) is 1. The maximum absolute atomic E-state index is 12.9. The number of carbonyl (C=O) groups is 2. The van der Waals surface area contributed by atoms with Crippen molar-refractivity contribution in [2.45, 2.75) is 13.3 Å². The molecule has 0 unspecified atom stereocenters. The first-order valence-corrected chi connectivity index (χ1v) is 9.48. The van der Waals surface area contributed by atoms with Gasteiger partial charge in [-0.3, -0.25) is 9.59 Å². The number of para-hydroxylation sites is 1. The summed E-state index contributed by atoms with van der Waals surface area (Å²) >= 11 is 0. The Morgan fingerprint density at radius 2 is 1.46 bits per heavy atom. The van der Waals surface area contributed by atoms with Crippen LogP contribution in [0.3, 0.4) is 0 Å². The Morgan fingerprint density at radius 1 is 0.821 bits per heavy atom. The first-order chi connectivity index (χ1) is 13.7. The quantitative estimate of drug-likeness (QED) is 0.671. The molecular weight excluding hydrogens is 348 g/mol. The maximum atomic E-state index is 12.9. The summed E-state index contributed by atoms with van der Waals surface area (Å²) < 4.78 is 0. The standard InChI is InChI=1S/C24H24N2O2/c1-2-26(22-14-7-4-8-15-22)24(28)21-13-9-12-20(18-21)23(27)25-17-16-19-10-5-3-6-11-19/h3-15,18H,2,16-17H2,1H3,(H,25,27). The largest absolute Gasteiger partial charge is 0.352 e. The third kappa shape index (κ3) is 4.86. The third-order valence-corrected chi connectivity index (χ3v) is 4.54. The van der Waals surface area contributed by atoms with Crippen molar-refractivity contribution < 1.29 is 9.59 Å². The Labute approximate surface area is 165 Å². The van der Waals surface area contributed by atoms with Gasteiger partial charge in [-0.15, -0.1) is 0 Å². The highest BCUT2D eigenvalue weighted by Gasteiger charge is 2.17. The van der Waals surface area contributed by atoms with Gasteiger partial charge in [-0.2, -0.15) is 0 Å². The number of anilines is 1. The molecule has 3 aromatic rings. The molecule has 0 aliphatic heterocycles. The summed E-state index contributed by atoms with van der Waals surface area (Å²) in [6.45, 7) is 3.04. The van der Waals surface area contributed by atoms with Gasteiger partial charge in [0.15, 0.2) is 0 Å². The second-order valence-corrected chi connectivity index (χ2v) is 6.46. The summed E-state index contributed by atoms with van der Waals surface area (Å²) in [6, 6.07) is 26.4. The molecule has 0 atom stereocenters. The summed E-state index contributed by atoms with van der Waals surface area (Å²) in [5.41, 5.74) is 3.00. The molecule has 0 saturated heterocycles. The highest BCUT2D eigenvalue weighted by molar-refractivity contribution is 6.07. The fourth-order valence-corrected chi connectivity index (χ4v) is 3.07. The topological polar surface area (TPSA) is 49.4 Å². The number of nitrogens with zero attached hydrogens (tertiary/aromatic N) is 1. The molecule has 2 amide bonds. The molecular formula is C24H24N2O2. The van der Waals surface area contributed by atoms with Crippen LogP contribution in [0.2, 0.25) is 0 Å². The van der Waals surface area contributed by atoms with E-state index in [0.29, 0.717) is 24.2 Å². The molecule has 3 rings (SSSR count). The lowest BCUT2D eigenvalue weighted by molar-refractivity contribution is 0.0954. The molecule has 0 aromatic heterocycles. The summed E-state index contributed by atoms with van der Waals surface area (Å²) in [4.78, 5) is 27.1. The molecule has 0 radical (unpaired) electrons. The molecule has 142 valence electrons. The van der Waals surface area contributed by atoms with Crippen molar-refractivity contribution in [3.63, 3.8) is 0 Å². The van der Waals surface area contributed by atoms with Gasteiger partial charge < -0.3 is 10.2 Å². The van der Waals surface area contributed by atoms with Gasteiger partial charge in [-0.05, 0) is 49.2 Å². The van der Waals surface area contributed by atoms with Crippen molar-refractivity contribution in [2.75, 3.05) is 18.0 Å². The van der Waals surface area contributed by atoms with Crippen molar-refractivity contribution >= 4 is 17.5 Å². The van der Waals surface area contributed by atoms with Gasteiger partial charge in [-0.1, -0.05) is 54.6 Å². The first kappa shape index (κ1) is 19.4. The SMILES string of the molecule is CCN(C(=O)c1cccc(C(=O)NCCc2ccccc2)c1)c1ccccc1. The fourth-order valence-electron chi connectivity index (χ4n) is 3.07. The summed E-state index contributed by atoms with van der Waals surface area (Å²) in [5, 5.41) is 2.92. The molecule has 0 bridgehead atoms. The van der Waals surface area contributed by atoms with E-state index in [2.05, 4.69) is 5.32 Å². The lowest BCUT2D eigenvalue weighted by Gasteiger charge is -2.21. The zero-order valence-electron chi connectivity index (χ0n) is 16.0. The lowest BCUT2D eigenvalue weighted by atomic mass is 10.1. The molecule has 0 saturated carbocycles. The molecule has 28 heavy (non-hydrogen) atoms. The minimum atomic E-state index is -0.173. The highest BCUT2D eigenvalue weighted by Crippen LogP contribution is 2.17. The van der Waals surface area contributed by atoms with Gasteiger partial charge in [0.05, 0.1) is 0 Å². The average Bonchev–Trinajstić information content (AvgIpc) is 2.76. The number of hydrogen-bond acceptors (Lipinski definition) is 2. The van der Waals surface area contributed by atoms with E-state index in [0.717, 1.165) is 12.1 Å². The number of amides is 2. The van der Waals surface area contributed by atoms with E-state index >= 15 is 0 Å². The van der Waals surface area contributed by atoms with Gasteiger partial charge in [0.1, 0.15) is 0 Å². The fraction of sp³-hybridized carbons (Fsp3) is 0.167. The van der Waals surface area contributed by atoms with E-state index in [1.54, 1.807) is 29.2 Å². The van der Waals surface area contributed by atoms with Crippen LogP contribution in [-0.4, -0.2) is 24.9 Å². The van der Waals surface area contributed by atoms with Gasteiger partial charge in [0.25, 0.3) is 11.8 Å². The Bertz CT molecular complexity index is 924. The minimum absolute atomic E-state index is 0.118.